The Morgan fingerprint density at radius 3 is 2.44 bits per heavy atom. The van der Waals surface area contributed by atoms with Crippen LogP contribution in [0.2, 0.25) is 0 Å². The summed E-state index contributed by atoms with van der Waals surface area (Å²) in [6, 6.07) is 3.98. The minimum Gasteiger partial charge on any atom is -0.493 e. The standard InChI is InChI=1S/C13H18N2O3/c1-17-11-5-9-3-4-15(8-13(14)16)7-10(9)6-12(11)18-2/h5-6H,3-4,7-8H2,1-2H3,(H2,14,16). The Bertz CT molecular complexity index is 460. The number of ether oxygens (including phenoxy) is 2. The maximum atomic E-state index is 10.9. The molecule has 1 aliphatic heterocycles. The van der Waals surface area contributed by atoms with Crippen molar-refractivity contribution in [2.75, 3.05) is 27.3 Å². The average Bonchev–Trinajstić information content (AvgIpc) is 2.36. The molecular formula is C13H18N2O3. The van der Waals surface area contributed by atoms with Gasteiger partial charge in [0.05, 0.1) is 20.8 Å². The van der Waals surface area contributed by atoms with E-state index in [2.05, 4.69) is 0 Å². The number of hydrogen-bond acceptors (Lipinski definition) is 4. The molecular weight excluding hydrogens is 232 g/mol. The van der Waals surface area contributed by atoms with E-state index in [1.54, 1.807) is 14.2 Å². The van der Waals surface area contributed by atoms with Crippen molar-refractivity contribution in [3.8, 4) is 11.5 Å². The number of methoxy groups -OCH3 is 2. The molecule has 0 bridgehead atoms. The second kappa shape index (κ2) is 5.27. The van der Waals surface area contributed by atoms with E-state index in [0.717, 1.165) is 31.0 Å². The predicted molar refractivity (Wildman–Crippen MR) is 67.7 cm³/mol. The van der Waals surface area contributed by atoms with Gasteiger partial charge in [0, 0.05) is 13.1 Å². The van der Waals surface area contributed by atoms with E-state index in [1.165, 1.54) is 11.1 Å². The molecule has 0 saturated heterocycles. The van der Waals surface area contributed by atoms with Crippen LogP contribution in [0.5, 0.6) is 11.5 Å². The number of carbonyl (C=O) groups excluding carboxylic acids is 1. The highest BCUT2D eigenvalue weighted by molar-refractivity contribution is 5.76. The highest BCUT2D eigenvalue weighted by Gasteiger charge is 2.20. The molecule has 98 valence electrons. The van der Waals surface area contributed by atoms with Gasteiger partial charge in [-0.15, -0.1) is 0 Å². The smallest absolute Gasteiger partial charge is 0.231 e. The lowest BCUT2D eigenvalue weighted by Crippen LogP contribution is -2.37. The molecule has 5 heteroatoms. The second-order valence-corrected chi connectivity index (χ2v) is 4.40. The minimum absolute atomic E-state index is 0.293. The fourth-order valence-corrected chi connectivity index (χ4v) is 2.30. The first-order valence-corrected chi connectivity index (χ1v) is 5.88. The van der Waals surface area contributed by atoms with Crippen molar-refractivity contribution < 1.29 is 14.3 Å². The lowest BCUT2D eigenvalue weighted by Gasteiger charge is -2.28. The van der Waals surface area contributed by atoms with Gasteiger partial charge in [0.25, 0.3) is 0 Å². The number of rotatable bonds is 4. The molecule has 1 heterocycles. The summed E-state index contributed by atoms with van der Waals surface area (Å²) >= 11 is 0. The Kier molecular flexibility index (Phi) is 3.72. The highest BCUT2D eigenvalue weighted by atomic mass is 16.5. The Balaban J connectivity index is 2.24. The maximum Gasteiger partial charge on any atom is 0.231 e. The first-order valence-electron chi connectivity index (χ1n) is 5.88. The largest absolute Gasteiger partial charge is 0.493 e. The zero-order valence-electron chi connectivity index (χ0n) is 10.7. The van der Waals surface area contributed by atoms with E-state index in [-0.39, 0.29) is 5.91 Å². The summed E-state index contributed by atoms with van der Waals surface area (Å²) in [6.45, 7) is 1.86. The molecule has 1 aromatic rings. The number of amides is 1. The van der Waals surface area contributed by atoms with Gasteiger partial charge in [0.2, 0.25) is 5.91 Å². The van der Waals surface area contributed by atoms with Crippen molar-refractivity contribution in [1.82, 2.24) is 4.90 Å². The molecule has 5 nitrogen and oxygen atoms in total. The van der Waals surface area contributed by atoms with Gasteiger partial charge in [0.15, 0.2) is 11.5 Å². The lowest BCUT2D eigenvalue weighted by atomic mass is 9.99. The van der Waals surface area contributed by atoms with E-state index >= 15 is 0 Å². The number of primary amides is 1. The molecule has 1 aliphatic rings. The summed E-state index contributed by atoms with van der Waals surface area (Å²) in [5, 5.41) is 0. The Morgan fingerprint density at radius 1 is 1.28 bits per heavy atom. The van der Waals surface area contributed by atoms with Crippen molar-refractivity contribution >= 4 is 5.91 Å². The average molecular weight is 250 g/mol. The van der Waals surface area contributed by atoms with Gasteiger partial charge in [-0.25, -0.2) is 0 Å². The van der Waals surface area contributed by atoms with E-state index < -0.39 is 0 Å². The van der Waals surface area contributed by atoms with E-state index in [0.29, 0.717) is 6.54 Å². The lowest BCUT2D eigenvalue weighted by molar-refractivity contribution is -0.119. The van der Waals surface area contributed by atoms with Crippen LogP contribution in [0.4, 0.5) is 0 Å². The molecule has 2 N–H and O–H groups in total. The van der Waals surface area contributed by atoms with Gasteiger partial charge < -0.3 is 15.2 Å². The molecule has 0 radical (unpaired) electrons. The third-order valence-corrected chi connectivity index (χ3v) is 3.18. The van der Waals surface area contributed by atoms with E-state index in [1.807, 2.05) is 17.0 Å². The molecule has 0 spiro atoms. The van der Waals surface area contributed by atoms with Crippen molar-refractivity contribution in [3.05, 3.63) is 23.3 Å². The number of hydrogen-bond donors (Lipinski definition) is 1. The van der Waals surface area contributed by atoms with E-state index in [4.69, 9.17) is 15.2 Å². The number of fused-ring (bicyclic) bond motifs is 1. The van der Waals surface area contributed by atoms with Crippen LogP contribution in [0, 0.1) is 0 Å². The normalized spacial score (nSPS) is 15.0. The zero-order valence-corrected chi connectivity index (χ0v) is 10.7. The third-order valence-electron chi connectivity index (χ3n) is 3.18. The molecule has 18 heavy (non-hydrogen) atoms. The molecule has 1 aromatic carbocycles. The van der Waals surface area contributed by atoms with Crippen LogP contribution in [0.15, 0.2) is 12.1 Å². The van der Waals surface area contributed by atoms with Gasteiger partial charge >= 0.3 is 0 Å². The first-order chi connectivity index (χ1) is 8.63. The van der Waals surface area contributed by atoms with Gasteiger partial charge in [0.1, 0.15) is 0 Å². The van der Waals surface area contributed by atoms with Gasteiger partial charge in [-0.2, -0.15) is 0 Å². The highest BCUT2D eigenvalue weighted by Crippen LogP contribution is 2.33. The summed E-state index contributed by atoms with van der Waals surface area (Å²) in [5.74, 6) is 1.18. The second-order valence-electron chi connectivity index (χ2n) is 4.40. The van der Waals surface area contributed by atoms with Gasteiger partial charge in [-0.1, -0.05) is 0 Å². The van der Waals surface area contributed by atoms with Crippen molar-refractivity contribution in [2.45, 2.75) is 13.0 Å². The molecule has 0 aromatic heterocycles. The third kappa shape index (κ3) is 2.56. The number of nitrogens with zero attached hydrogens (tertiary/aromatic N) is 1. The Labute approximate surface area is 106 Å². The number of nitrogens with two attached hydrogens (primary N) is 1. The summed E-state index contributed by atoms with van der Waals surface area (Å²) in [7, 11) is 3.25. The van der Waals surface area contributed by atoms with E-state index in [9.17, 15) is 4.79 Å². The molecule has 0 unspecified atom stereocenters. The fraction of sp³-hybridized carbons (Fsp3) is 0.462. The minimum atomic E-state index is -0.293. The Hall–Kier alpha value is -1.75. The summed E-state index contributed by atoms with van der Waals surface area (Å²) < 4.78 is 10.6. The number of benzene rings is 1. The van der Waals surface area contributed by atoms with Crippen LogP contribution in [0.1, 0.15) is 11.1 Å². The quantitative estimate of drug-likeness (QED) is 0.847. The maximum absolute atomic E-state index is 10.9. The molecule has 0 saturated carbocycles. The topological polar surface area (TPSA) is 64.8 Å². The van der Waals surface area contributed by atoms with Crippen LogP contribution in [0.25, 0.3) is 0 Å². The van der Waals surface area contributed by atoms with Crippen molar-refractivity contribution in [3.63, 3.8) is 0 Å². The molecule has 0 aliphatic carbocycles. The summed E-state index contributed by atoms with van der Waals surface area (Å²) in [4.78, 5) is 13.0. The van der Waals surface area contributed by atoms with Crippen LogP contribution in [-0.4, -0.2) is 38.1 Å². The summed E-state index contributed by atoms with van der Waals surface area (Å²) in [6.07, 6.45) is 0.892. The predicted octanol–water partition coefficient (Wildman–Crippen LogP) is 0.547. The van der Waals surface area contributed by atoms with Crippen LogP contribution in [-0.2, 0) is 17.8 Å². The SMILES string of the molecule is COc1cc2c(cc1OC)CN(CC(N)=O)CC2. The molecule has 1 amide bonds. The molecule has 0 fully saturated rings. The van der Waals surface area contributed by atoms with Crippen molar-refractivity contribution in [2.24, 2.45) is 5.73 Å². The van der Waals surface area contributed by atoms with Crippen molar-refractivity contribution in [1.29, 1.82) is 0 Å². The Morgan fingerprint density at radius 2 is 1.89 bits per heavy atom. The molecule has 2 rings (SSSR count). The monoisotopic (exact) mass is 250 g/mol. The summed E-state index contributed by atoms with van der Waals surface area (Å²) in [5.41, 5.74) is 7.63. The van der Waals surface area contributed by atoms with Crippen LogP contribution >= 0.6 is 0 Å². The number of carbonyl (C=O) groups is 1. The van der Waals surface area contributed by atoms with Crippen LogP contribution < -0.4 is 15.2 Å². The van der Waals surface area contributed by atoms with Crippen LogP contribution in [0.3, 0.4) is 0 Å². The van der Waals surface area contributed by atoms with Gasteiger partial charge in [-0.05, 0) is 29.7 Å². The fourth-order valence-electron chi connectivity index (χ4n) is 2.30. The van der Waals surface area contributed by atoms with Gasteiger partial charge in [-0.3, -0.25) is 9.69 Å². The first kappa shape index (κ1) is 12.7. The zero-order chi connectivity index (χ0) is 13.1. The molecule has 0 atom stereocenters.